The summed E-state index contributed by atoms with van der Waals surface area (Å²) in [4.78, 5) is 0. The molecule has 0 spiro atoms. The van der Waals surface area contributed by atoms with E-state index in [1.807, 2.05) is 6.92 Å². The van der Waals surface area contributed by atoms with Crippen molar-refractivity contribution in [3.8, 4) is 5.75 Å². The van der Waals surface area contributed by atoms with E-state index >= 15 is 0 Å². The van der Waals surface area contributed by atoms with Crippen molar-refractivity contribution < 1.29 is 17.9 Å². The highest BCUT2D eigenvalue weighted by Gasteiger charge is 2.27. The van der Waals surface area contributed by atoms with Crippen molar-refractivity contribution in [2.75, 3.05) is 17.8 Å². The number of halogens is 2. The van der Waals surface area contributed by atoms with Gasteiger partial charge in [-0.05, 0) is 24.8 Å². The van der Waals surface area contributed by atoms with E-state index in [1.165, 1.54) is 4.31 Å². The van der Waals surface area contributed by atoms with Crippen LogP contribution in [-0.2, 0) is 10.2 Å². The van der Waals surface area contributed by atoms with Crippen molar-refractivity contribution in [2.45, 2.75) is 19.8 Å². The van der Waals surface area contributed by atoms with Crippen molar-refractivity contribution in [1.82, 2.24) is 4.31 Å². The molecular formula is C12H16ClFN2O3S. The molecule has 1 atom stereocenters. The first-order valence-electron chi connectivity index (χ1n) is 6.25. The van der Waals surface area contributed by atoms with E-state index in [1.54, 1.807) is 0 Å². The summed E-state index contributed by atoms with van der Waals surface area (Å²) in [6.45, 7) is 2.83. The first-order valence-corrected chi connectivity index (χ1v) is 8.07. The smallest absolute Gasteiger partial charge is 0.301 e. The van der Waals surface area contributed by atoms with Crippen LogP contribution in [0.3, 0.4) is 0 Å². The molecule has 2 rings (SSSR count). The molecule has 1 aromatic carbocycles. The second kappa shape index (κ2) is 5.75. The molecule has 1 heterocycles. The summed E-state index contributed by atoms with van der Waals surface area (Å²) in [5.74, 6) is -1.02. The molecule has 2 N–H and O–H groups in total. The summed E-state index contributed by atoms with van der Waals surface area (Å²) in [6.07, 6.45) is 1.78. The Morgan fingerprint density at radius 1 is 1.50 bits per heavy atom. The Morgan fingerprint density at radius 2 is 2.20 bits per heavy atom. The van der Waals surface area contributed by atoms with Gasteiger partial charge in [0.05, 0.1) is 10.7 Å². The van der Waals surface area contributed by atoms with E-state index in [2.05, 4.69) is 4.72 Å². The minimum absolute atomic E-state index is 0.130. The van der Waals surface area contributed by atoms with Gasteiger partial charge in [0, 0.05) is 19.2 Å². The first-order chi connectivity index (χ1) is 9.29. The molecular weight excluding hydrogens is 307 g/mol. The number of benzene rings is 1. The molecule has 20 heavy (non-hydrogen) atoms. The Hall–Kier alpha value is -1.05. The van der Waals surface area contributed by atoms with E-state index in [0.717, 1.165) is 25.0 Å². The van der Waals surface area contributed by atoms with Crippen LogP contribution in [0.15, 0.2) is 12.1 Å². The lowest BCUT2D eigenvalue weighted by molar-refractivity contribution is 0.282. The number of nitrogens with zero attached hydrogens (tertiary/aromatic N) is 1. The predicted octanol–water partition coefficient (Wildman–Crippen LogP) is 2.57. The van der Waals surface area contributed by atoms with Gasteiger partial charge in [-0.1, -0.05) is 18.5 Å². The van der Waals surface area contributed by atoms with Gasteiger partial charge >= 0.3 is 10.2 Å². The summed E-state index contributed by atoms with van der Waals surface area (Å²) in [7, 11) is -3.78. The van der Waals surface area contributed by atoms with E-state index in [-0.39, 0.29) is 16.6 Å². The highest BCUT2D eigenvalue weighted by molar-refractivity contribution is 7.90. The van der Waals surface area contributed by atoms with Gasteiger partial charge in [-0.3, -0.25) is 4.72 Å². The van der Waals surface area contributed by atoms with Crippen molar-refractivity contribution >= 4 is 27.5 Å². The molecule has 5 nitrogen and oxygen atoms in total. The van der Waals surface area contributed by atoms with Crippen LogP contribution in [-0.4, -0.2) is 30.9 Å². The second-order valence-corrected chi connectivity index (χ2v) is 7.07. The summed E-state index contributed by atoms with van der Waals surface area (Å²) >= 11 is 5.59. The Kier molecular flexibility index (Phi) is 4.41. The van der Waals surface area contributed by atoms with Crippen molar-refractivity contribution in [1.29, 1.82) is 0 Å². The first kappa shape index (κ1) is 15.3. The Balaban J connectivity index is 2.22. The van der Waals surface area contributed by atoms with Crippen molar-refractivity contribution in [2.24, 2.45) is 5.92 Å². The molecule has 1 aliphatic rings. The number of phenols is 1. The van der Waals surface area contributed by atoms with Gasteiger partial charge in [-0.25, -0.2) is 4.39 Å². The molecule has 1 saturated heterocycles. The van der Waals surface area contributed by atoms with Gasteiger partial charge < -0.3 is 5.11 Å². The maximum Gasteiger partial charge on any atom is 0.301 e. The fourth-order valence-corrected chi connectivity index (χ4v) is 3.74. The number of hydrogen-bond acceptors (Lipinski definition) is 3. The fourth-order valence-electron chi connectivity index (χ4n) is 2.19. The Morgan fingerprint density at radius 3 is 2.85 bits per heavy atom. The zero-order valence-corrected chi connectivity index (χ0v) is 12.5. The van der Waals surface area contributed by atoms with Crippen LogP contribution >= 0.6 is 11.6 Å². The number of hydrogen-bond donors (Lipinski definition) is 2. The SMILES string of the molecule is CC1CCCN(S(=O)(=O)Nc2cc(Cl)c(F)cc2O)C1. The van der Waals surface area contributed by atoms with Gasteiger partial charge in [-0.15, -0.1) is 0 Å². The topological polar surface area (TPSA) is 69.6 Å². The molecule has 0 bridgehead atoms. The van der Waals surface area contributed by atoms with Gasteiger partial charge in [0.2, 0.25) is 0 Å². The Bertz CT molecular complexity index is 609. The highest BCUT2D eigenvalue weighted by atomic mass is 35.5. The van der Waals surface area contributed by atoms with Crippen LogP contribution in [0.1, 0.15) is 19.8 Å². The molecule has 0 radical (unpaired) electrons. The lowest BCUT2D eigenvalue weighted by Gasteiger charge is -2.30. The third kappa shape index (κ3) is 3.34. The van der Waals surface area contributed by atoms with Gasteiger partial charge in [0.25, 0.3) is 0 Å². The number of nitrogens with one attached hydrogen (secondary N) is 1. The van der Waals surface area contributed by atoms with E-state index in [0.29, 0.717) is 13.1 Å². The zero-order valence-electron chi connectivity index (χ0n) is 10.9. The minimum Gasteiger partial charge on any atom is -0.506 e. The van der Waals surface area contributed by atoms with E-state index < -0.39 is 21.8 Å². The van der Waals surface area contributed by atoms with Gasteiger partial charge in [-0.2, -0.15) is 12.7 Å². The molecule has 0 aliphatic carbocycles. The number of rotatable bonds is 3. The molecule has 0 aromatic heterocycles. The standard InChI is InChI=1S/C12H16ClFN2O3S/c1-8-3-2-4-16(7-8)20(18,19)15-11-5-9(13)10(14)6-12(11)17/h5-6,8,15,17H,2-4,7H2,1H3. The molecule has 8 heteroatoms. The Labute approximate surface area is 122 Å². The molecule has 112 valence electrons. The van der Waals surface area contributed by atoms with Crippen LogP contribution < -0.4 is 4.72 Å². The fraction of sp³-hybridized carbons (Fsp3) is 0.500. The average Bonchev–Trinajstić information content (AvgIpc) is 2.36. The maximum absolute atomic E-state index is 13.1. The summed E-state index contributed by atoms with van der Waals surface area (Å²) in [5.41, 5.74) is -0.130. The van der Waals surface area contributed by atoms with Crippen LogP contribution in [0.2, 0.25) is 5.02 Å². The van der Waals surface area contributed by atoms with Crippen LogP contribution in [0, 0.1) is 11.7 Å². The number of anilines is 1. The largest absolute Gasteiger partial charge is 0.506 e. The molecule has 0 saturated carbocycles. The zero-order chi connectivity index (χ0) is 14.9. The lowest BCUT2D eigenvalue weighted by atomic mass is 10.0. The van der Waals surface area contributed by atoms with Crippen molar-refractivity contribution in [3.63, 3.8) is 0 Å². The van der Waals surface area contributed by atoms with Crippen molar-refractivity contribution in [3.05, 3.63) is 23.0 Å². The van der Waals surface area contributed by atoms with Gasteiger partial charge in [0.15, 0.2) is 0 Å². The predicted molar refractivity (Wildman–Crippen MR) is 75.6 cm³/mol. The lowest BCUT2D eigenvalue weighted by Crippen LogP contribution is -2.42. The molecule has 0 amide bonds. The quantitative estimate of drug-likeness (QED) is 0.840. The number of phenolic OH excluding ortho intramolecular Hbond substituents is 1. The monoisotopic (exact) mass is 322 g/mol. The molecule has 1 aromatic rings. The third-order valence-electron chi connectivity index (χ3n) is 3.24. The second-order valence-electron chi connectivity index (χ2n) is 5.00. The van der Waals surface area contributed by atoms with Crippen LogP contribution in [0.25, 0.3) is 0 Å². The summed E-state index contributed by atoms with van der Waals surface area (Å²) in [6, 6.07) is 1.83. The highest BCUT2D eigenvalue weighted by Crippen LogP contribution is 2.31. The third-order valence-corrected chi connectivity index (χ3v) is 5.02. The van der Waals surface area contributed by atoms with E-state index in [4.69, 9.17) is 11.6 Å². The van der Waals surface area contributed by atoms with Gasteiger partial charge in [0.1, 0.15) is 11.6 Å². The maximum atomic E-state index is 13.1. The van der Waals surface area contributed by atoms with Crippen LogP contribution in [0.5, 0.6) is 5.75 Å². The summed E-state index contributed by atoms with van der Waals surface area (Å²) < 4.78 is 41.1. The molecule has 1 aliphatic heterocycles. The molecule has 1 fully saturated rings. The normalized spacial score (nSPS) is 20.9. The molecule has 1 unspecified atom stereocenters. The number of piperidine rings is 1. The number of aromatic hydroxyl groups is 1. The van der Waals surface area contributed by atoms with E-state index in [9.17, 15) is 17.9 Å². The average molecular weight is 323 g/mol. The van der Waals surface area contributed by atoms with Crippen LogP contribution in [0.4, 0.5) is 10.1 Å². The summed E-state index contributed by atoms with van der Waals surface area (Å²) in [5, 5.41) is 9.33. The minimum atomic E-state index is -3.78.